The van der Waals surface area contributed by atoms with Gasteiger partial charge >= 0.3 is 0 Å². The molecule has 0 aliphatic carbocycles. The summed E-state index contributed by atoms with van der Waals surface area (Å²) in [6, 6.07) is 7.24. The lowest BCUT2D eigenvalue weighted by Crippen LogP contribution is -2.02. The maximum absolute atomic E-state index is 11.9. The van der Waals surface area contributed by atoms with E-state index in [-0.39, 0.29) is 5.78 Å². The number of hydrogen-bond donors (Lipinski definition) is 0. The third-order valence-corrected chi connectivity index (χ3v) is 3.92. The predicted molar refractivity (Wildman–Crippen MR) is 68.8 cm³/mol. The fourth-order valence-corrected chi connectivity index (χ4v) is 2.56. The molecule has 0 aliphatic rings. The van der Waals surface area contributed by atoms with Crippen molar-refractivity contribution < 1.29 is 13.7 Å². The van der Waals surface area contributed by atoms with E-state index in [4.69, 9.17) is 4.74 Å². The molecule has 0 heterocycles. The number of ether oxygens (including phenoxy) is 1. The molecule has 0 saturated heterocycles. The molecular weight excluding hydrogens is 236 g/mol. The molecule has 94 valence electrons. The zero-order chi connectivity index (χ0) is 12.7. The molecule has 0 bridgehead atoms. The Hall–Kier alpha value is -1.16. The zero-order valence-electron chi connectivity index (χ0n) is 10.3. The van der Waals surface area contributed by atoms with Gasteiger partial charge in [0.1, 0.15) is 11.5 Å². The Labute approximate surface area is 105 Å². The van der Waals surface area contributed by atoms with Crippen LogP contribution in [0.15, 0.2) is 29.2 Å². The first-order valence-corrected chi connectivity index (χ1v) is 7.03. The normalized spacial score (nSPS) is 12.1. The second kappa shape index (κ2) is 7.22. The first-order chi connectivity index (χ1) is 8.17. The van der Waals surface area contributed by atoms with Gasteiger partial charge in [0.2, 0.25) is 0 Å². The van der Waals surface area contributed by atoms with E-state index in [1.54, 1.807) is 13.2 Å². The van der Waals surface area contributed by atoms with Crippen molar-refractivity contribution in [2.45, 2.75) is 31.1 Å². The molecule has 1 rings (SSSR count). The van der Waals surface area contributed by atoms with Crippen molar-refractivity contribution in [3.8, 4) is 5.75 Å². The summed E-state index contributed by atoms with van der Waals surface area (Å²) in [6.07, 6.45) is 1.76. The Morgan fingerprint density at radius 2 is 2.18 bits per heavy atom. The van der Waals surface area contributed by atoms with Crippen LogP contribution in [0.4, 0.5) is 0 Å². The molecule has 0 fully saturated rings. The highest BCUT2D eigenvalue weighted by molar-refractivity contribution is 7.85. The molecule has 17 heavy (non-hydrogen) atoms. The highest BCUT2D eigenvalue weighted by atomic mass is 32.2. The lowest BCUT2D eigenvalue weighted by Gasteiger charge is -2.04. The number of hydrogen-bond acceptors (Lipinski definition) is 3. The molecule has 0 radical (unpaired) electrons. The van der Waals surface area contributed by atoms with Crippen molar-refractivity contribution in [1.29, 1.82) is 0 Å². The Balaban J connectivity index is 2.49. The summed E-state index contributed by atoms with van der Waals surface area (Å²) in [4.78, 5) is 11.9. The SMILES string of the molecule is CCC(=O)CCCS(=O)c1cccc(OC)c1. The van der Waals surface area contributed by atoms with Crippen LogP contribution in [0.25, 0.3) is 0 Å². The highest BCUT2D eigenvalue weighted by Crippen LogP contribution is 2.16. The fourth-order valence-electron chi connectivity index (χ4n) is 1.44. The Kier molecular flexibility index (Phi) is 5.91. The van der Waals surface area contributed by atoms with E-state index in [0.29, 0.717) is 30.8 Å². The summed E-state index contributed by atoms with van der Waals surface area (Å²) in [6.45, 7) is 1.85. The molecular formula is C13H18O3S. The van der Waals surface area contributed by atoms with Crippen molar-refractivity contribution in [3.05, 3.63) is 24.3 Å². The van der Waals surface area contributed by atoms with Crippen LogP contribution in [-0.2, 0) is 15.6 Å². The average Bonchev–Trinajstić information content (AvgIpc) is 2.38. The van der Waals surface area contributed by atoms with E-state index >= 15 is 0 Å². The lowest BCUT2D eigenvalue weighted by molar-refractivity contribution is -0.118. The summed E-state index contributed by atoms with van der Waals surface area (Å²) >= 11 is 0. The smallest absolute Gasteiger partial charge is 0.132 e. The van der Waals surface area contributed by atoms with Crippen molar-refractivity contribution >= 4 is 16.6 Å². The number of benzene rings is 1. The number of methoxy groups -OCH3 is 1. The number of Topliss-reactive ketones (excluding diaryl/α,β-unsaturated/α-hetero) is 1. The van der Waals surface area contributed by atoms with Gasteiger partial charge in [0.15, 0.2) is 0 Å². The van der Waals surface area contributed by atoms with Crippen LogP contribution in [0.2, 0.25) is 0 Å². The molecule has 0 aromatic heterocycles. The van der Waals surface area contributed by atoms with Gasteiger partial charge < -0.3 is 4.74 Å². The minimum atomic E-state index is -1.05. The van der Waals surface area contributed by atoms with E-state index in [2.05, 4.69) is 0 Å². The van der Waals surface area contributed by atoms with Crippen LogP contribution in [0.1, 0.15) is 26.2 Å². The molecule has 0 saturated carbocycles. The number of rotatable bonds is 7. The number of carbonyl (C=O) groups is 1. The van der Waals surface area contributed by atoms with E-state index in [0.717, 1.165) is 4.90 Å². The maximum Gasteiger partial charge on any atom is 0.132 e. The largest absolute Gasteiger partial charge is 0.497 e. The molecule has 3 nitrogen and oxygen atoms in total. The monoisotopic (exact) mass is 254 g/mol. The molecule has 1 aromatic carbocycles. The van der Waals surface area contributed by atoms with Gasteiger partial charge in [-0.2, -0.15) is 0 Å². The Morgan fingerprint density at radius 1 is 1.41 bits per heavy atom. The van der Waals surface area contributed by atoms with Gasteiger partial charge in [-0.3, -0.25) is 9.00 Å². The van der Waals surface area contributed by atoms with Crippen LogP contribution in [0.5, 0.6) is 5.75 Å². The van der Waals surface area contributed by atoms with Gasteiger partial charge in [0.25, 0.3) is 0 Å². The molecule has 0 amide bonds. The summed E-state index contributed by atoms with van der Waals surface area (Å²) in [5, 5.41) is 0. The van der Waals surface area contributed by atoms with Gasteiger partial charge in [0.05, 0.1) is 17.9 Å². The standard InChI is InChI=1S/C13H18O3S/c1-3-11(14)6-5-9-17(15)13-8-4-7-12(10-13)16-2/h4,7-8,10H,3,5-6,9H2,1-2H3. The molecule has 1 unspecified atom stereocenters. The van der Waals surface area contributed by atoms with Crippen molar-refractivity contribution in [2.75, 3.05) is 12.9 Å². The van der Waals surface area contributed by atoms with E-state index in [1.165, 1.54) is 0 Å². The van der Waals surface area contributed by atoms with Crippen molar-refractivity contribution in [3.63, 3.8) is 0 Å². The first-order valence-electron chi connectivity index (χ1n) is 5.71. The summed E-state index contributed by atoms with van der Waals surface area (Å²) in [5.74, 6) is 1.46. The molecule has 1 atom stereocenters. The van der Waals surface area contributed by atoms with Crippen LogP contribution >= 0.6 is 0 Å². The van der Waals surface area contributed by atoms with E-state index < -0.39 is 10.8 Å². The minimum absolute atomic E-state index is 0.229. The van der Waals surface area contributed by atoms with Gasteiger partial charge in [-0.05, 0) is 24.6 Å². The summed E-state index contributed by atoms with van der Waals surface area (Å²) < 4.78 is 17.0. The molecule has 0 aliphatic heterocycles. The third-order valence-electron chi connectivity index (χ3n) is 2.48. The predicted octanol–water partition coefficient (Wildman–Crippen LogP) is 2.56. The highest BCUT2D eigenvalue weighted by Gasteiger charge is 2.06. The van der Waals surface area contributed by atoms with Gasteiger partial charge in [-0.25, -0.2) is 0 Å². The maximum atomic E-state index is 11.9. The van der Waals surface area contributed by atoms with Crippen LogP contribution in [0, 0.1) is 0 Å². The van der Waals surface area contributed by atoms with Crippen molar-refractivity contribution in [1.82, 2.24) is 0 Å². The molecule has 1 aromatic rings. The van der Waals surface area contributed by atoms with Gasteiger partial charge in [-0.1, -0.05) is 13.0 Å². The Bertz CT molecular complexity index is 401. The molecule has 0 N–H and O–H groups in total. The number of ketones is 1. The van der Waals surface area contributed by atoms with E-state index in [1.807, 2.05) is 25.1 Å². The second-order valence-corrected chi connectivity index (χ2v) is 5.30. The second-order valence-electron chi connectivity index (χ2n) is 3.72. The quantitative estimate of drug-likeness (QED) is 0.751. The topological polar surface area (TPSA) is 43.4 Å². The minimum Gasteiger partial charge on any atom is -0.497 e. The molecule has 4 heteroatoms. The van der Waals surface area contributed by atoms with Crippen molar-refractivity contribution in [2.24, 2.45) is 0 Å². The van der Waals surface area contributed by atoms with Gasteiger partial charge in [-0.15, -0.1) is 0 Å². The number of carbonyl (C=O) groups excluding carboxylic acids is 1. The first kappa shape index (κ1) is 13.9. The zero-order valence-corrected chi connectivity index (χ0v) is 11.1. The van der Waals surface area contributed by atoms with Gasteiger partial charge in [0, 0.05) is 23.5 Å². The third kappa shape index (κ3) is 4.69. The Morgan fingerprint density at radius 3 is 2.82 bits per heavy atom. The van der Waals surface area contributed by atoms with Crippen LogP contribution < -0.4 is 4.74 Å². The fraction of sp³-hybridized carbons (Fsp3) is 0.462. The summed E-state index contributed by atoms with van der Waals surface area (Å²) in [5.41, 5.74) is 0. The summed E-state index contributed by atoms with van der Waals surface area (Å²) in [7, 11) is 0.539. The molecule has 0 spiro atoms. The van der Waals surface area contributed by atoms with Crippen LogP contribution in [-0.4, -0.2) is 22.9 Å². The lowest BCUT2D eigenvalue weighted by atomic mass is 10.2. The average molecular weight is 254 g/mol. The van der Waals surface area contributed by atoms with E-state index in [9.17, 15) is 9.00 Å². The van der Waals surface area contributed by atoms with Crippen LogP contribution in [0.3, 0.4) is 0 Å².